The molecular weight excluding hydrogens is 386 g/mol. The van der Waals surface area contributed by atoms with Crippen molar-refractivity contribution in [3.63, 3.8) is 0 Å². The van der Waals surface area contributed by atoms with Crippen molar-refractivity contribution < 1.29 is 9.59 Å². The van der Waals surface area contributed by atoms with Gasteiger partial charge in [0.25, 0.3) is 0 Å². The Morgan fingerprint density at radius 1 is 1.00 bits per heavy atom. The van der Waals surface area contributed by atoms with Gasteiger partial charge in [-0.25, -0.2) is 0 Å². The second kappa shape index (κ2) is 8.97. The van der Waals surface area contributed by atoms with Crippen molar-refractivity contribution >= 4 is 34.8 Å². The molecule has 6 heteroatoms. The molecule has 2 fully saturated rings. The molecule has 1 N–H and O–H groups in total. The first-order valence-electron chi connectivity index (χ1n) is 10.3. The molecule has 2 amide bonds. The molecule has 29 heavy (non-hydrogen) atoms. The summed E-state index contributed by atoms with van der Waals surface area (Å²) in [6.07, 6.45) is 4.12. The second-order valence-electron chi connectivity index (χ2n) is 7.90. The van der Waals surface area contributed by atoms with Gasteiger partial charge in [-0.15, -0.1) is 0 Å². The highest BCUT2D eigenvalue weighted by molar-refractivity contribution is 6.30. The number of nitrogens with zero attached hydrogens (tertiary/aromatic N) is 2. The zero-order valence-corrected chi connectivity index (χ0v) is 17.2. The standard InChI is InChI=1S/C23H26ClN3O2/c24-19-6-10-21(11-7-19)27-16-18(14-22(27)28)23(29)25-20-8-4-17(5-9-20)15-26-12-2-1-3-13-26/h4-11,18H,1-3,12-16H2,(H,25,29). The first-order valence-corrected chi connectivity index (χ1v) is 10.6. The molecule has 0 saturated carbocycles. The third kappa shape index (κ3) is 4.98. The molecule has 0 spiro atoms. The zero-order chi connectivity index (χ0) is 20.2. The molecule has 0 bridgehead atoms. The Labute approximate surface area is 176 Å². The van der Waals surface area contributed by atoms with Crippen molar-refractivity contribution in [2.75, 3.05) is 29.9 Å². The number of rotatable bonds is 5. The van der Waals surface area contributed by atoms with Gasteiger partial charge in [0.1, 0.15) is 0 Å². The van der Waals surface area contributed by atoms with Crippen LogP contribution in [0.25, 0.3) is 0 Å². The third-order valence-electron chi connectivity index (χ3n) is 5.71. The van der Waals surface area contributed by atoms with Crippen LogP contribution in [0.1, 0.15) is 31.2 Å². The van der Waals surface area contributed by atoms with Crippen LogP contribution in [-0.2, 0) is 16.1 Å². The SMILES string of the molecule is O=C(Nc1ccc(CN2CCCCC2)cc1)C1CC(=O)N(c2ccc(Cl)cc2)C1. The molecule has 5 nitrogen and oxygen atoms in total. The molecule has 2 aromatic carbocycles. The minimum atomic E-state index is -0.355. The summed E-state index contributed by atoms with van der Waals surface area (Å²) in [7, 11) is 0. The molecule has 2 saturated heterocycles. The Bertz CT molecular complexity index is 861. The minimum absolute atomic E-state index is 0.0376. The molecule has 0 radical (unpaired) electrons. The van der Waals surface area contributed by atoms with Crippen molar-refractivity contribution in [3.05, 3.63) is 59.1 Å². The summed E-state index contributed by atoms with van der Waals surface area (Å²) in [5, 5.41) is 3.59. The molecule has 0 aliphatic carbocycles. The van der Waals surface area contributed by atoms with Crippen LogP contribution in [0, 0.1) is 5.92 Å². The molecule has 2 aliphatic heterocycles. The highest BCUT2D eigenvalue weighted by Gasteiger charge is 2.35. The number of nitrogens with one attached hydrogen (secondary N) is 1. The topological polar surface area (TPSA) is 52.7 Å². The van der Waals surface area contributed by atoms with E-state index in [9.17, 15) is 9.59 Å². The molecule has 2 aliphatic rings. The number of benzene rings is 2. The summed E-state index contributed by atoms with van der Waals surface area (Å²) < 4.78 is 0. The lowest BCUT2D eigenvalue weighted by Crippen LogP contribution is -2.29. The number of carbonyl (C=O) groups excluding carboxylic acids is 2. The van der Waals surface area contributed by atoms with Crippen molar-refractivity contribution in [2.45, 2.75) is 32.2 Å². The van der Waals surface area contributed by atoms with E-state index >= 15 is 0 Å². The van der Waals surface area contributed by atoms with E-state index in [4.69, 9.17) is 11.6 Å². The van der Waals surface area contributed by atoms with Gasteiger partial charge in [-0.2, -0.15) is 0 Å². The van der Waals surface area contributed by atoms with Gasteiger partial charge in [-0.3, -0.25) is 14.5 Å². The normalized spacial score (nSPS) is 20.1. The lowest BCUT2D eigenvalue weighted by atomic mass is 10.1. The maximum Gasteiger partial charge on any atom is 0.229 e. The Hall–Kier alpha value is -2.37. The summed E-state index contributed by atoms with van der Waals surface area (Å²) in [6.45, 7) is 3.68. The van der Waals surface area contributed by atoms with E-state index in [0.29, 0.717) is 11.6 Å². The van der Waals surface area contributed by atoms with Crippen molar-refractivity contribution in [2.24, 2.45) is 5.92 Å². The maximum atomic E-state index is 12.7. The molecule has 1 atom stereocenters. The quantitative estimate of drug-likeness (QED) is 0.797. The number of piperidine rings is 1. The van der Waals surface area contributed by atoms with Gasteiger partial charge in [0, 0.05) is 35.9 Å². The van der Waals surface area contributed by atoms with Crippen LogP contribution in [0.4, 0.5) is 11.4 Å². The Kier molecular flexibility index (Phi) is 6.16. The van der Waals surface area contributed by atoms with E-state index in [1.807, 2.05) is 24.3 Å². The van der Waals surface area contributed by atoms with Crippen LogP contribution in [0.3, 0.4) is 0 Å². The van der Waals surface area contributed by atoms with Crippen LogP contribution in [0.2, 0.25) is 5.02 Å². The minimum Gasteiger partial charge on any atom is -0.326 e. The van der Waals surface area contributed by atoms with E-state index in [1.165, 1.54) is 24.8 Å². The lowest BCUT2D eigenvalue weighted by molar-refractivity contribution is -0.122. The first kappa shape index (κ1) is 19.9. The van der Waals surface area contributed by atoms with E-state index < -0.39 is 0 Å². The lowest BCUT2D eigenvalue weighted by Gasteiger charge is -2.26. The van der Waals surface area contributed by atoms with Crippen LogP contribution < -0.4 is 10.2 Å². The largest absolute Gasteiger partial charge is 0.326 e. The van der Waals surface area contributed by atoms with Crippen molar-refractivity contribution in [3.8, 4) is 0 Å². The van der Waals surface area contributed by atoms with Crippen LogP contribution >= 0.6 is 11.6 Å². The van der Waals surface area contributed by atoms with Crippen LogP contribution in [0.15, 0.2) is 48.5 Å². The van der Waals surface area contributed by atoms with Crippen molar-refractivity contribution in [1.29, 1.82) is 0 Å². The number of hydrogen-bond acceptors (Lipinski definition) is 3. The van der Waals surface area contributed by atoms with Gasteiger partial charge in [0.05, 0.1) is 5.92 Å². The number of anilines is 2. The van der Waals surface area contributed by atoms with E-state index in [-0.39, 0.29) is 24.2 Å². The fraction of sp³-hybridized carbons (Fsp3) is 0.391. The summed E-state index contributed by atoms with van der Waals surface area (Å²) >= 11 is 5.92. The van der Waals surface area contributed by atoms with Gasteiger partial charge < -0.3 is 10.2 Å². The van der Waals surface area contributed by atoms with Crippen LogP contribution in [0.5, 0.6) is 0 Å². The summed E-state index contributed by atoms with van der Waals surface area (Å²) in [5.74, 6) is -0.505. The summed E-state index contributed by atoms with van der Waals surface area (Å²) in [6, 6.07) is 15.2. The second-order valence-corrected chi connectivity index (χ2v) is 8.34. The number of likely N-dealkylation sites (tertiary alicyclic amines) is 1. The van der Waals surface area contributed by atoms with Gasteiger partial charge in [-0.05, 0) is 67.9 Å². The first-order chi connectivity index (χ1) is 14.1. The molecule has 152 valence electrons. The third-order valence-corrected chi connectivity index (χ3v) is 5.96. The highest BCUT2D eigenvalue weighted by Crippen LogP contribution is 2.27. The van der Waals surface area contributed by atoms with Gasteiger partial charge >= 0.3 is 0 Å². The number of hydrogen-bond donors (Lipinski definition) is 1. The zero-order valence-electron chi connectivity index (χ0n) is 16.4. The number of amides is 2. The predicted octanol–water partition coefficient (Wildman–Crippen LogP) is 4.32. The molecule has 1 unspecified atom stereocenters. The molecule has 4 rings (SSSR count). The molecule has 2 aromatic rings. The van der Waals surface area contributed by atoms with Crippen LogP contribution in [-0.4, -0.2) is 36.3 Å². The number of carbonyl (C=O) groups is 2. The predicted molar refractivity (Wildman–Crippen MR) is 116 cm³/mol. The average Bonchev–Trinajstić information content (AvgIpc) is 3.13. The smallest absolute Gasteiger partial charge is 0.229 e. The van der Waals surface area contributed by atoms with E-state index in [0.717, 1.165) is 31.0 Å². The summed E-state index contributed by atoms with van der Waals surface area (Å²) in [4.78, 5) is 29.2. The maximum absolute atomic E-state index is 12.7. The summed E-state index contributed by atoms with van der Waals surface area (Å²) in [5.41, 5.74) is 2.81. The van der Waals surface area contributed by atoms with Gasteiger partial charge in [0.2, 0.25) is 11.8 Å². The number of halogens is 1. The Morgan fingerprint density at radius 2 is 1.69 bits per heavy atom. The highest BCUT2D eigenvalue weighted by atomic mass is 35.5. The monoisotopic (exact) mass is 411 g/mol. The molecule has 0 aromatic heterocycles. The van der Waals surface area contributed by atoms with Crippen molar-refractivity contribution in [1.82, 2.24) is 4.90 Å². The molecule has 2 heterocycles. The van der Waals surface area contributed by atoms with Gasteiger partial charge in [0.15, 0.2) is 0 Å². The van der Waals surface area contributed by atoms with E-state index in [2.05, 4.69) is 22.3 Å². The van der Waals surface area contributed by atoms with E-state index in [1.54, 1.807) is 17.0 Å². The Morgan fingerprint density at radius 3 is 2.38 bits per heavy atom. The fourth-order valence-corrected chi connectivity index (χ4v) is 4.19. The Balaban J connectivity index is 1.33. The van der Waals surface area contributed by atoms with Gasteiger partial charge in [-0.1, -0.05) is 30.2 Å². The fourth-order valence-electron chi connectivity index (χ4n) is 4.07. The average molecular weight is 412 g/mol. The molecular formula is C23H26ClN3O2.